The SMILES string of the molecule is Nc1nsc(NC2CCCCC2)c1-c1cccnc1. The van der Waals surface area contributed by atoms with Gasteiger partial charge in [0.15, 0.2) is 0 Å². The van der Waals surface area contributed by atoms with Crippen molar-refractivity contribution in [3.05, 3.63) is 24.5 Å². The first-order valence-corrected chi connectivity index (χ1v) is 7.54. The van der Waals surface area contributed by atoms with Gasteiger partial charge in [0.2, 0.25) is 0 Å². The van der Waals surface area contributed by atoms with Gasteiger partial charge in [-0.05, 0) is 30.4 Å². The normalized spacial score (nSPS) is 16.4. The van der Waals surface area contributed by atoms with E-state index >= 15 is 0 Å². The molecule has 1 fully saturated rings. The van der Waals surface area contributed by atoms with Gasteiger partial charge >= 0.3 is 0 Å². The quantitative estimate of drug-likeness (QED) is 0.898. The highest BCUT2D eigenvalue weighted by molar-refractivity contribution is 7.11. The Morgan fingerprint density at radius 2 is 2.11 bits per heavy atom. The Balaban J connectivity index is 1.86. The fraction of sp³-hybridized carbons (Fsp3) is 0.429. The van der Waals surface area contributed by atoms with E-state index in [1.807, 2.05) is 18.3 Å². The molecule has 0 unspecified atom stereocenters. The van der Waals surface area contributed by atoms with Crippen molar-refractivity contribution in [3.63, 3.8) is 0 Å². The summed E-state index contributed by atoms with van der Waals surface area (Å²) in [7, 11) is 0. The van der Waals surface area contributed by atoms with E-state index in [-0.39, 0.29) is 0 Å². The van der Waals surface area contributed by atoms with Gasteiger partial charge in [0.1, 0.15) is 10.8 Å². The minimum atomic E-state index is 0.559. The predicted molar refractivity (Wildman–Crippen MR) is 80.3 cm³/mol. The first kappa shape index (κ1) is 12.4. The number of aromatic nitrogens is 2. The molecule has 0 saturated heterocycles. The highest BCUT2D eigenvalue weighted by Gasteiger charge is 2.18. The van der Waals surface area contributed by atoms with E-state index in [0.29, 0.717) is 11.9 Å². The Morgan fingerprint density at radius 3 is 2.84 bits per heavy atom. The van der Waals surface area contributed by atoms with Gasteiger partial charge < -0.3 is 11.1 Å². The van der Waals surface area contributed by atoms with Crippen LogP contribution < -0.4 is 11.1 Å². The van der Waals surface area contributed by atoms with Crippen LogP contribution in [-0.4, -0.2) is 15.4 Å². The van der Waals surface area contributed by atoms with Crippen LogP contribution in [0.5, 0.6) is 0 Å². The summed E-state index contributed by atoms with van der Waals surface area (Å²) in [5, 5.41) is 4.70. The van der Waals surface area contributed by atoms with E-state index < -0.39 is 0 Å². The Hall–Kier alpha value is -1.62. The van der Waals surface area contributed by atoms with Gasteiger partial charge in [0.25, 0.3) is 0 Å². The molecule has 2 aromatic heterocycles. The summed E-state index contributed by atoms with van der Waals surface area (Å²) in [5.74, 6) is 0.594. The third-order valence-electron chi connectivity index (χ3n) is 3.61. The fourth-order valence-electron chi connectivity index (χ4n) is 2.62. The Bertz CT molecular complexity index is 532. The molecule has 0 radical (unpaired) electrons. The minimum absolute atomic E-state index is 0.559. The van der Waals surface area contributed by atoms with Crippen LogP contribution in [0.1, 0.15) is 32.1 Å². The summed E-state index contributed by atoms with van der Waals surface area (Å²) in [6, 6.07) is 4.51. The lowest BCUT2D eigenvalue weighted by molar-refractivity contribution is 0.463. The predicted octanol–water partition coefficient (Wildman–Crippen LogP) is 3.53. The van der Waals surface area contributed by atoms with Crippen molar-refractivity contribution in [1.29, 1.82) is 0 Å². The smallest absolute Gasteiger partial charge is 0.147 e. The second kappa shape index (κ2) is 5.57. The molecule has 0 aromatic carbocycles. The molecule has 4 nitrogen and oxygen atoms in total. The summed E-state index contributed by atoms with van der Waals surface area (Å²) in [6.07, 6.45) is 10.1. The molecule has 0 bridgehead atoms. The van der Waals surface area contributed by atoms with E-state index in [4.69, 9.17) is 5.73 Å². The minimum Gasteiger partial charge on any atom is -0.382 e. The lowest BCUT2D eigenvalue weighted by Gasteiger charge is -2.23. The number of hydrogen-bond acceptors (Lipinski definition) is 5. The Morgan fingerprint density at radius 1 is 1.26 bits per heavy atom. The maximum Gasteiger partial charge on any atom is 0.147 e. The van der Waals surface area contributed by atoms with Gasteiger partial charge in [-0.1, -0.05) is 25.3 Å². The van der Waals surface area contributed by atoms with E-state index in [0.717, 1.165) is 16.1 Å². The van der Waals surface area contributed by atoms with Crippen LogP contribution in [0.4, 0.5) is 10.8 Å². The summed E-state index contributed by atoms with van der Waals surface area (Å²) < 4.78 is 4.29. The third-order valence-corrected chi connectivity index (χ3v) is 4.40. The molecule has 3 N–H and O–H groups in total. The van der Waals surface area contributed by atoms with Crippen LogP contribution >= 0.6 is 11.5 Å². The maximum absolute atomic E-state index is 6.01. The molecule has 0 atom stereocenters. The number of nitrogens with one attached hydrogen (secondary N) is 1. The molecule has 100 valence electrons. The summed E-state index contributed by atoms with van der Waals surface area (Å²) >= 11 is 1.45. The molecule has 1 aliphatic carbocycles. The molecule has 19 heavy (non-hydrogen) atoms. The largest absolute Gasteiger partial charge is 0.382 e. The molecule has 3 rings (SSSR count). The van der Waals surface area contributed by atoms with Crippen LogP contribution in [0.2, 0.25) is 0 Å². The zero-order chi connectivity index (χ0) is 13.1. The number of hydrogen-bond donors (Lipinski definition) is 2. The third kappa shape index (κ3) is 2.71. The summed E-state index contributed by atoms with van der Waals surface area (Å²) in [4.78, 5) is 4.16. The first-order valence-electron chi connectivity index (χ1n) is 6.76. The van der Waals surface area contributed by atoms with Gasteiger partial charge in [-0.15, -0.1) is 0 Å². The summed E-state index contributed by atoms with van der Waals surface area (Å²) in [6.45, 7) is 0. The molecule has 5 heteroatoms. The van der Waals surface area contributed by atoms with Crippen LogP contribution in [0, 0.1) is 0 Å². The van der Waals surface area contributed by atoms with E-state index in [9.17, 15) is 0 Å². The lowest BCUT2D eigenvalue weighted by Crippen LogP contribution is -2.21. The molecule has 2 aromatic rings. The maximum atomic E-state index is 6.01. The van der Waals surface area contributed by atoms with Crippen LogP contribution in [0.3, 0.4) is 0 Å². The van der Waals surface area contributed by atoms with Crippen molar-refractivity contribution < 1.29 is 0 Å². The van der Waals surface area contributed by atoms with Crippen molar-refractivity contribution in [2.45, 2.75) is 38.1 Å². The van der Waals surface area contributed by atoms with E-state index in [1.165, 1.54) is 43.6 Å². The number of pyridine rings is 1. The van der Waals surface area contributed by atoms with Crippen LogP contribution in [0.15, 0.2) is 24.5 Å². The van der Waals surface area contributed by atoms with Crippen LogP contribution in [0.25, 0.3) is 11.1 Å². The van der Waals surface area contributed by atoms with Crippen molar-refractivity contribution in [2.24, 2.45) is 0 Å². The molecule has 0 spiro atoms. The van der Waals surface area contributed by atoms with Crippen LogP contribution in [-0.2, 0) is 0 Å². The van der Waals surface area contributed by atoms with E-state index in [2.05, 4.69) is 14.7 Å². The number of anilines is 2. The zero-order valence-corrected chi connectivity index (χ0v) is 11.6. The highest BCUT2D eigenvalue weighted by atomic mass is 32.1. The molecule has 2 heterocycles. The van der Waals surface area contributed by atoms with E-state index in [1.54, 1.807) is 6.20 Å². The molecule has 1 saturated carbocycles. The van der Waals surface area contributed by atoms with Gasteiger partial charge in [0, 0.05) is 24.0 Å². The van der Waals surface area contributed by atoms with Crippen molar-refractivity contribution >= 4 is 22.4 Å². The van der Waals surface area contributed by atoms with Gasteiger partial charge in [-0.2, -0.15) is 4.37 Å². The highest BCUT2D eigenvalue weighted by Crippen LogP contribution is 2.37. The second-order valence-electron chi connectivity index (χ2n) is 4.99. The average Bonchev–Trinajstić information content (AvgIpc) is 2.82. The number of nitrogen functional groups attached to an aromatic ring is 1. The van der Waals surface area contributed by atoms with Gasteiger partial charge in [-0.3, -0.25) is 4.98 Å². The molecule has 0 aliphatic heterocycles. The van der Waals surface area contributed by atoms with Crippen molar-refractivity contribution in [2.75, 3.05) is 11.1 Å². The first-order chi connectivity index (χ1) is 9.34. The number of nitrogens with zero attached hydrogens (tertiary/aromatic N) is 2. The molecule has 1 aliphatic rings. The molecular weight excluding hydrogens is 256 g/mol. The van der Waals surface area contributed by atoms with Gasteiger partial charge in [0.05, 0.1) is 5.56 Å². The Kier molecular flexibility index (Phi) is 3.64. The van der Waals surface area contributed by atoms with Crippen molar-refractivity contribution in [3.8, 4) is 11.1 Å². The van der Waals surface area contributed by atoms with Crippen molar-refractivity contribution in [1.82, 2.24) is 9.36 Å². The number of rotatable bonds is 3. The fourth-order valence-corrected chi connectivity index (χ4v) is 3.44. The summed E-state index contributed by atoms with van der Waals surface area (Å²) in [5.41, 5.74) is 8.05. The van der Waals surface area contributed by atoms with Gasteiger partial charge in [-0.25, -0.2) is 0 Å². The standard InChI is InChI=1S/C14H18N4S/c15-13-12(10-5-4-8-16-9-10)14(19-18-13)17-11-6-2-1-3-7-11/h4-5,8-9,11,17H,1-3,6-7H2,(H2,15,18). The average molecular weight is 274 g/mol. The Labute approximate surface area is 117 Å². The monoisotopic (exact) mass is 274 g/mol. The topological polar surface area (TPSA) is 63.8 Å². The lowest BCUT2D eigenvalue weighted by atomic mass is 9.95. The number of nitrogens with two attached hydrogens (primary N) is 1. The zero-order valence-electron chi connectivity index (χ0n) is 10.8. The molecular formula is C14H18N4S. The second-order valence-corrected chi connectivity index (χ2v) is 5.77. The molecule has 0 amide bonds.